The maximum absolute atomic E-state index is 10.5. The molecule has 1 rings (SSSR count). The van der Waals surface area contributed by atoms with Gasteiger partial charge in [-0.05, 0) is 17.7 Å². The summed E-state index contributed by atoms with van der Waals surface area (Å²) in [4.78, 5) is 10.5. The molecule has 3 nitrogen and oxygen atoms in total. The third kappa shape index (κ3) is 3.62. The molecule has 0 atom stereocenters. The first-order valence-electron chi connectivity index (χ1n) is 4.32. The third-order valence-electron chi connectivity index (χ3n) is 1.73. The van der Waals surface area contributed by atoms with Crippen LogP contribution >= 0.6 is 11.6 Å². The van der Waals surface area contributed by atoms with Crippen LogP contribution in [0, 0.1) is 11.8 Å². The Bertz CT molecular complexity index is 432. The smallest absolute Gasteiger partial charge is 0.307 e. The maximum atomic E-state index is 10.5. The fourth-order valence-electron chi connectivity index (χ4n) is 1.08. The first-order chi connectivity index (χ1) is 7.13. The van der Waals surface area contributed by atoms with E-state index in [0.29, 0.717) is 10.6 Å². The van der Waals surface area contributed by atoms with Crippen molar-refractivity contribution in [3.8, 4) is 11.8 Å². The molecule has 0 aliphatic heterocycles. The van der Waals surface area contributed by atoms with Crippen molar-refractivity contribution < 1.29 is 9.90 Å². The number of benzene rings is 1. The van der Waals surface area contributed by atoms with E-state index in [2.05, 4.69) is 11.8 Å². The molecule has 0 amide bonds. The number of carboxylic acids is 1. The molecule has 0 bridgehead atoms. The minimum atomic E-state index is -0.905. The SMILES string of the molecule is NCC#Cc1ccc(CC(=O)O)c(Cl)c1. The van der Waals surface area contributed by atoms with Gasteiger partial charge in [0, 0.05) is 10.6 Å². The van der Waals surface area contributed by atoms with Crippen LogP contribution in [0.5, 0.6) is 0 Å². The Hall–Kier alpha value is -1.50. The summed E-state index contributed by atoms with van der Waals surface area (Å²) >= 11 is 5.89. The maximum Gasteiger partial charge on any atom is 0.307 e. The highest BCUT2D eigenvalue weighted by Crippen LogP contribution is 2.18. The van der Waals surface area contributed by atoms with Gasteiger partial charge in [-0.3, -0.25) is 4.79 Å². The highest BCUT2D eigenvalue weighted by atomic mass is 35.5. The van der Waals surface area contributed by atoms with Crippen molar-refractivity contribution in [1.82, 2.24) is 0 Å². The van der Waals surface area contributed by atoms with Crippen LogP contribution in [-0.2, 0) is 11.2 Å². The van der Waals surface area contributed by atoms with Gasteiger partial charge in [0.05, 0.1) is 13.0 Å². The summed E-state index contributed by atoms with van der Waals surface area (Å²) in [5, 5.41) is 9.02. The van der Waals surface area contributed by atoms with Crippen LogP contribution < -0.4 is 5.73 Å². The zero-order valence-electron chi connectivity index (χ0n) is 7.96. The molecule has 0 aromatic heterocycles. The van der Waals surface area contributed by atoms with Gasteiger partial charge in [0.15, 0.2) is 0 Å². The Kier molecular flexibility index (Phi) is 4.17. The van der Waals surface area contributed by atoms with Gasteiger partial charge >= 0.3 is 5.97 Å². The van der Waals surface area contributed by atoms with Gasteiger partial charge < -0.3 is 10.8 Å². The number of rotatable bonds is 2. The summed E-state index contributed by atoms with van der Waals surface area (Å²) in [6.45, 7) is 0.286. The van der Waals surface area contributed by atoms with E-state index in [1.165, 1.54) is 0 Å². The fraction of sp³-hybridized carbons (Fsp3) is 0.182. The van der Waals surface area contributed by atoms with Crippen LogP contribution in [0.15, 0.2) is 18.2 Å². The normalized spacial score (nSPS) is 9.20. The zero-order chi connectivity index (χ0) is 11.3. The van der Waals surface area contributed by atoms with Gasteiger partial charge in [-0.15, -0.1) is 0 Å². The van der Waals surface area contributed by atoms with E-state index in [0.717, 1.165) is 5.56 Å². The molecule has 0 spiro atoms. The van der Waals surface area contributed by atoms with E-state index in [1.54, 1.807) is 18.2 Å². The van der Waals surface area contributed by atoms with Crippen molar-refractivity contribution in [2.75, 3.05) is 6.54 Å². The predicted octanol–water partition coefficient (Wildman–Crippen LogP) is 1.28. The van der Waals surface area contributed by atoms with E-state index in [-0.39, 0.29) is 13.0 Å². The molecular weight excluding hydrogens is 214 g/mol. The lowest BCUT2D eigenvalue weighted by Crippen LogP contribution is -2.00. The molecule has 3 N–H and O–H groups in total. The van der Waals surface area contributed by atoms with Gasteiger partial charge in [0.1, 0.15) is 0 Å². The lowest BCUT2D eigenvalue weighted by atomic mass is 10.1. The summed E-state index contributed by atoms with van der Waals surface area (Å²) in [6.07, 6.45) is -0.0799. The van der Waals surface area contributed by atoms with Crippen molar-refractivity contribution in [3.05, 3.63) is 34.3 Å². The Morgan fingerprint density at radius 3 is 2.80 bits per heavy atom. The Labute approximate surface area is 92.9 Å². The molecule has 15 heavy (non-hydrogen) atoms. The Morgan fingerprint density at radius 1 is 1.53 bits per heavy atom. The highest BCUT2D eigenvalue weighted by molar-refractivity contribution is 6.31. The van der Waals surface area contributed by atoms with Gasteiger partial charge in [-0.2, -0.15) is 0 Å². The molecule has 4 heteroatoms. The Balaban J connectivity index is 2.92. The predicted molar refractivity (Wildman–Crippen MR) is 58.7 cm³/mol. The number of carbonyl (C=O) groups is 1. The molecule has 0 fully saturated rings. The third-order valence-corrected chi connectivity index (χ3v) is 2.08. The second-order valence-corrected chi connectivity index (χ2v) is 3.29. The van der Waals surface area contributed by atoms with Gasteiger partial charge in [-0.1, -0.05) is 29.5 Å². The first kappa shape index (κ1) is 11.6. The first-order valence-corrected chi connectivity index (χ1v) is 4.70. The number of aliphatic carboxylic acids is 1. The second-order valence-electron chi connectivity index (χ2n) is 2.88. The van der Waals surface area contributed by atoms with Crippen LogP contribution in [0.1, 0.15) is 11.1 Å². The van der Waals surface area contributed by atoms with Crippen molar-refractivity contribution in [1.29, 1.82) is 0 Å². The van der Waals surface area contributed by atoms with E-state index in [1.807, 2.05) is 0 Å². The average Bonchev–Trinajstić information content (AvgIpc) is 2.18. The summed E-state index contributed by atoms with van der Waals surface area (Å²) in [6, 6.07) is 5.03. The lowest BCUT2D eigenvalue weighted by molar-refractivity contribution is -0.136. The molecule has 0 radical (unpaired) electrons. The van der Waals surface area contributed by atoms with Crippen molar-refractivity contribution in [2.24, 2.45) is 5.73 Å². The number of hydrogen-bond donors (Lipinski definition) is 2. The number of hydrogen-bond acceptors (Lipinski definition) is 2. The Morgan fingerprint density at radius 2 is 2.27 bits per heavy atom. The van der Waals surface area contributed by atoms with E-state index < -0.39 is 5.97 Å². The molecule has 78 valence electrons. The van der Waals surface area contributed by atoms with Crippen LogP contribution in [0.2, 0.25) is 5.02 Å². The minimum absolute atomic E-state index is 0.0799. The largest absolute Gasteiger partial charge is 0.481 e. The quantitative estimate of drug-likeness (QED) is 0.743. The van der Waals surface area contributed by atoms with Gasteiger partial charge in [0.2, 0.25) is 0 Å². The molecule has 0 heterocycles. The summed E-state index contributed by atoms with van der Waals surface area (Å²) in [7, 11) is 0. The molecule has 0 saturated heterocycles. The molecule has 0 aliphatic carbocycles. The van der Waals surface area contributed by atoms with Gasteiger partial charge in [-0.25, -0.2) is 0 Å². The summed E-state index contributed by atoms with van der Waals surface area (Å²) in [5.74, 6) is 4.61. The zero-order valence-corrected chi connectivity index (χ0v) is 8.71. The van der Waals surface area contributed by atoms with Crippen molar-refractivity contribution >= 4 is 17.6 Å². The van der Waals surface area contributed by atoms with Crippen molar-refractivity contribution in [2.45, 2.75) is 6.42 Å². The van der Waals surface area contributed by atoms with Crippen LogP contribution in [-0.4, -0.2) is 17.6 Å². The summed E-state index contributed by atoms with van der Waals surface area (Å²) < 4.78 is 0. The number of carboxylic acid groups (broad SMARTS) is 1. The highest BCUT2D eigenvalue weighted by Gasteiger charge is 2.05. The monoisotopic (exact) mass is 223 g/mol. The van der Waals surface area contributed by atoms with Crippen LogP contribution in [0.3, 0.4) is 0 Å². The molecule has 0 saturated carbocycles. The van der Waals surface area contributed by atoms with Crippen LogP contribution in [0.25, 0.3) is 0 Å². The van der Waals surface area contributed by atoms with E-state index in [9.17, 15) is 4.79 Å². The molecule has 1 aromatic carbocycles. The van der Waals surface area contributed by atoms with Crippen molar-refractivity contribution in [3.63, 3.8) is 0 Å². The number of halogens is 1. The topological polar surface area (TPSA) is 63.3 Å². The fourth-order valence-corrected chi connectivity index (χ4v) is 1.33. The number of nitrogens with two attached hydrogens (primary N) is 1. The van der Waals surface area contributed by atoms with Crippen LogP contribution in [0.4, 0.5) is 0 Å². The molecule has 1 aromatic rings. The van der Waals surface area contributed by atoms with Gasteiger partial charge in [0.25, 0.3) is 0 Å². The molecular formula is C11H10ClNO2. The molecule has 0 aliphatic rings. The standard InChI is InChI=1S/C11H10ClNO2/c12-10-6-8(2-1-5-13)3-4-9(10)7-11(14)15/h3-4,6H,5,7,13H2,(H,14,15). The second kappa shape index (κ2) is 5.40. The minimum Gasteiger partial charge on any atom is -0.481 e. The summed E-state index contributed by atoms with van der Waals surface area (Å²) in [5.41, 5.74) is 6.55. The average molecular weight is 224 g/mol. The lowest BCUT2D eigenvalue weighted by Gasteiger charge is -2.00. The van der Waals surface area contributed by atoms with E-state index >= 15 is 0 Å². The molecule has 0 unspecified atom stereocenters. The van der Waals surface area contributed by atoms with E-state index in [4.69, 9.17) is 22.4 Å².